The van der Waals surface area contributed by atoms with E-state index in [0.717, 1.165) is 80.1 Å². The zero-order valence-corrected chi connectivity index (χ0v) is 22.1. The molecule has 0 saturated heterocycles. The first-order chi connectivity index (χ1) is 16.4. The van der Waals surface area contributed by atoms with E-state index in [0.29, 0.717) is 0 Å². The smallest absolute Gasteiger partial charge is 0.184 e. The second kappa shape index (κ2) is 7.25. The Labute approximate surface area is 215 Å². The molecule has 1 aliphatic heterocycles. The van der Waals surface area contributed by atoms with E-state index in [-0.39, 0.29) is 5.41 Å². The van der Waals surface area contributed by atoms with Crippen LogP contribution in [0.2, 0.25) is 0 Å². The molecule has 0 saturated carbocycles. The predicted molar refractivity (Wildman–Crippen MR) is 143 cm³/mol. The lowest BCUT2D eigenvalue weighted by Crippen LogP contribution is -2.23. The van der Waals surface area contributed by atoms with Crippen LogP contribution >= 0.6 is 31.9 Å². The maximum absolute atomic E-state index is 6.47. The molecule has 0 atom stereocenters. The molecule has 0 bridgehead atoms. The highest BCUT2D eigenvalue weighted by atomic mass is 79.9. The van der Waals surface area contributed by atoms with Gasteiger partial charge in [0.15, 0.2) is 17.3 Å². The first-order valence-corrected chi connectivity index (χ1v) is 13.3. The van der Waals surface area contributed by atoms with Gasteiger partial charge in [-0.25, -0.2) is 0 Å². The number of hydrogen-bond donors (Lipinski definition) is 0. The lowest BCUT2D eigenvalue weighted by atomic mass is 9.75. The number of ether oxygens (including phenoxy) is 2. The molecule has 3 aliphatic carbocycles. The lowest BCUT2D eigenvalue weighted by Gasteiger charge is -2.32. The van der Waals surface area contributed by atoms with Gasteiger partial charge in [-0.3, -0.25) is 0 Å². The summed E-state index contributed by atoms with van der Waals surface area (Å²) in [4.78, 5) is 0. The largest absolute Gasteiger partial charge is 0.456 e. The van der Waals surface area contributed by atoms with Crippen molar-refractivity contribution in [3.63, 3.8) is 0 Å². The topological polar surface area (TPSA) is 31.6 Å². The Morgan fingerprint density at radius 2 is 1.74 bits per heavy atom. The van der Waals surface area contributed by atoms with Crippen molar-refractivity contribution in [2.24, 2.45) is 0 Å². The van der Waals surface area contributed by atoms with Crippen molar-refractivity contribution in [2.75, 3.05) is 0 Å². The summed E-state index contributed by atoms with van der Waals surface area (Å²) in [5.74, 6) is 4.19. The van der Waals surface area contributed by atoms with E-state index < -0.39 is 0 Å². The number of rotatable bonds is 0. The summed E-state index contributed by atoms with van der Waals surface area (Å²) >= 11 is 7.81. The van der Waals surface area contributed by atoms with Crippen LogP contribution in [0.1, 0.15) is 66.7 Å². The highest BCUT2D eigenvalue weighted by Crippen LogP contribution is 2.53. The van der Waals surface area contributed by atoms with E-state index in [1.807, 2.05) is 6.08 Å². The highest BCUT2D eigenvalue weighted by molar-refractivity contribution is 9.11. The van der Waals surface area contributed by atoms with Crippen LogP contribution in [0.25, 0.3) is 29.2 Å². The summed E-state index contributed by atoms with van der Waals surface area (Å²) < 4.78 is 21.2. The van der Waals surface area contributed by atoms with Gasteiger partial charge in [-0.1, -0.05) is 54.1 Å². The molecule has 170 valence electrons. The van der Waals surface area contributed by atoms with Crippen LogP contribution in [0.15, 0.2) is 55.2 Å². The summed E-state index contributed by atoms with van der Waals surface area (Å²) in [6.07, 6.45) is 16.7. The molecule has 3 aromatic rings. The van der Waals surface area contributed by atoms with Gasteiger partial charge in [0.2, 0.25) is 0 Å². The molecule has 7 rings (SSSR count). The summed E-state index contributed by atoms with van der Waals surface area (Å²) in [6, 6.07) is 4.39. The maximum Gasteiger partial charge on any atom is 0.184 e. The van der Waals surface area contributed by atoms with Gasteiger partial charge >= 0.3 is 0 Å². The fraction of sp³-hybridized carbons (Fsp3) is 0.241. The number of halogens is 2. The van der Waals surface area contributed by atoms with E-state index in [1.54, 1.807) is 0 Å². The summed E-state index contributed by atoms with van der Waals surface area (Å²) in [5.41, 5.74) is 6.57. The molecular weight excluding hydrogens is 556 g/mol. The van der Waals surface area contributed by atoms with Crippen molar-refractivity contribution in [3.05, 3.63) is 84.4 Å². The minimum absolute atomic E-state index is 0.317. The molecule has 0 radical (unpaired) electrons. The first-order valence-electron chi connectivity index (χ1n) is 11.7. The molecule has 2 aromatic carbocycles. The van der Waals surface area contributed by atoms with Gasteiger partial charge < -0.3 is 13.9 Å². The maximum atomic E-state index is 6.47. The number of fused-ring (bicyclic) bond motifs is 7. The van der Waals surface area contributed by atoms with Crippen LogP contribution in [-0.2, 0) is 11.8 Å². The average molecular weight is 578 g/mol. The van der Waals surface area contributed by atoms with E-state index in [1.165, 1.54) is 22.1 Å². The van der Waals surface area contributed by atoms with Gasteiger partial charge in [0.1, 0.15) is 17.1 Å². The van der Waals surface area contributed by atoms with Crippen molar-refractivity contribution in [1.29, 1.82) is 0 Å². The van der Waals surface area contributed by atoms with Crippen LogP contribution in [-0.4, -0.2) is 0 Å². The van der Waals surface area contributed by atoms with Crippen LogP contribution in [0.5, 0.6) is 11.5 Å². The summed E-state index contributed by atoms with van der Waals surface area (Å²) in [7, 11) is 0. The fourth-order valence-electron chi connectivity index (χ4n) is 5.74. The van der Waals surface area contributed by atoms with Crippen molar-refractivity contribution >= 4 is 61.1 Å². The van der Waals surface area contributed by atoms with Crippen molar-refractivity contribution < 1.29 is 13.9 Å². The lowest BCUT2D eigenvalue weighted by molar-refractivity contribution is 0.287. The third-order valence-electron chi connectivity index (χ3n) is 7.39. The normalized spacial score (nSPS) is 18.9. The quantitative estimate of drug-likeness (QED) is 0.267. The molecule has 0 unspecified atom stereocenters. The second-order valence-corrected chi connectivity index (χ2v) is 11.4. The summed E-state index contributed by atoms with van der Waals surface area (Å²) in [5, 5.41) is 1.19. The minimum Gasteiger partial charge on any atom is -0.456 e. The number of benzene rings is 2. The second-order valence-electron chi connectivity index (χ2n) is 9.78. The zero-order chi connectivity index (χ0) is 23.2. The third-order valence-corrected chi connectivity index (χ3v) is 8.77. The Balaban J connectivity index is 1.47. The third kappa shape index (κ3) is 2.80. The predicted octanol–water partition coefficient (Wildman–Crippen LogP) is 9.06. The Hall–Kier alpha value is -2.50. The van der Waals surface area contributed by atoms with Crippen molar-refractivity contribution in [3.8, 4) is 11.5 Å². The van der Waals surface area contributed by atoms with Crippen LogP contribution in [0, 0.1) is 0 Å². The van der Waals surface area contributed by atoms with Gasteiger partial charge in [-0.05, 0) is 76.2 Å². The molecule has 0 amide bonds. The number of allylic oxidation sites excluding steroid dienone is 4. The minimum atomic E-state index is -0.317. The standard InChI is InChI=1S/C29H22Br2O3/c1-29(2)18-14-19(30)24-17-7-3-4-8-20(17)33-27(24)16(18)12-11-15-13-23-28(26(31)25(15)29)34-22-10-6-5-9-21(22)32-23/h4,6,8,10-14H,3,5,7,9H2,1-2H3. The molecule has 0 fully saturated rings. The Bertz CT molecular complexity index is 1550. The van der Waals surface area contributed by atoms with Gasteiger partial charge in [0, 0.05) is 32.8 Å². The number of aryl methyl sites for hydroxylation is 1. The molecule has 34 heavy (non-hydrogen) atoms. The van der Waals surface area contributed by atoms with Crippen LogP contribution in [0.4, 0.5) is 0 Å². The van der Waals surface area contributed by atoms with Crippen LogP contribution < -0.4 is 9.47 Å². The molecular formula is C29H22Br2O3. The van der Waals surface area contributed by atoms with E-state index in [4.69, 9.17) is 13.9 Å². The number of furan rings is 1. The Kier molecular flexibility index (Phi) is 4.44. The molecule has 0 N–H and O–H groups in total. The average Bonchev–Trinajstić information content (AvgIpc) is 3.17. The molecule has 2 heterocycles. The molecule has 4 aliphatic rings. The highest BCUT2D eigenvalue weighted by Gasteiger charge is 2.37. The van der Waals surface area contributed by atoms with Crippen molar-refractivity contribution in [2.45, 2.75) is 44.9 Å². The molecule has 5 heteroatoms. The van der Waals surface area contributed by atoms with E-state index >= 15 is 0 Å². The van der Waals surface area contributed by atoms with Gasteiger partial charge in [-0.15, -0.1) is 0 Å². The van der Waals surface area contributed by atoms with Crippen LogP contribution in [0.3, 0.4) is 0 Å². The van der Waals surface area contributed by atoms with E-state index in [9.17, 15) is 0 Å². The summed E-state index contributed by atoms with van der Waals surface area (Å²) in [6.45, 7) is 4.54. The molecule has 1 aromatic heterocycles. The number of hydrogen-bond acceptors (Lipinski definition) is 3. The first kappa shape index (κ1) is 20.8. The zero-order valence-electron chi connectivity index (χ0n) is 18.9. The fourth-order valence-corrected chi connectivity index (χ4v) is 7.39. The van der Waals surface area contributed by atoms with Gasteiger partial charge in [0.25, 0.3) is 0 Å². The monoisotopic (exact) mass is 576 g/mol. The molecule has 0 spiro atoms. The van der Waals surface area contributed by atoms with Gasteiger partial charge in [0.05, 0.1) is 4.47 Å². The molecule has 3 nitrogen and oxygen atoms in total. The van der Waals surface area contributed by atoms with Crippen molar-refractivity contribution in [1.82, 2.24) is 0 Å². The Morgan fingerprint density at radius 3 is 2.62 bits per heavy atom. The SMILES string of the molecule is CC1(C)c2cc(Br)c3c4c(oc3c2C=Cc2cc3c(c(Br)c21)OC1=C(CCC=C1)O3)C=CCC4. The van der Waals surface area contributed by atoms with Gasteiger partial charge in [-0.2, -0.15) is 0 Å². The van der Waals surface area contributed by atoms with E-state index in [2.05, 4.69) is 88.2 Å². The Morgan fingerprint density at radius 1 is 0.912 bits per heavy atom.